The van der Waals surface area contributed by atoms with Gasteiger partial charge >= 0.3 is 25.0 Å². The largest absolute Gasteiger partial charge is 1.00 e. The van der Waals surface area contributed by atoms with Gasteiger partial charge in [-0.15, -0.1) is 0 Å². The topological polar surface area (TPSA) is 0 Å². The van der Waals surface area contributed by atoms with E-state index < -0.39 is 17.5 Å². The van der Waals surface area contributed by atoms with Crippen LogP contribution >= 0.6 is 0 Å². The van der Waals surface area contributed by atoms with Crippen molar-refractivity contribution in [3.8, 4) is 0 Å². The van der Waals surface area contributed by atoms with Gasteiger partial charge in [-0.1, -0.05) is 0 Å². The normalized spacial score (nSPS) is 30.3. The zero-order valence-electron chi connectivity index (χ0n) is 6.00. The molecular formula is C6H5BrF3Li. The van der Waals surface area contributed by atoms with Crippen molar-refractivity contribution in [2.45, 2.75) is 19.0 Å². The van der Waals surface area contributed by atoms with Crippen LogP contribution in [-0.4, -0.2) is 6.18 Å². The minimum atomic E-state index is -4.00. The molecule has 0 aliphatic heterocycles. The van der Waals surface area contributed by atoms with Gasteiger partial charge < -0.3 is 17.0 Å². The molecule has 2 fully saturated rings. The SMILES string of the molecule is FC(F)(F)C1[C]C12CC2.[Br-].[Li+]. The van der Waals surface area contributed by atoms with Gasteiger partial charge in [0.15, 0.2) is 0 Å². The maximum Gasteiger partial charge on any atom is 1.00 e. The Kier molecular flexibility index (Phi) is 3.21. The maximum absolute atomic E-state index is 11.7. The van der Waals surface area contributed by atoms with Gasteiger partial charge in [0.1, 0.15) is 0 Å². The van der Waals surface area contributed by atoms with Crippen LogP contribution in [0.2, 0.25) is 0 Å². The molecule has 0 bridgehead atoms. The zero-order valence-corrected chi connectivity index (χ0v) is 7.59. The Bertz CT molecular complexity index is 152. The summed E-state index contributed by atoms with van der Waals surface area (Å²) in [6.45, 7) is 0. The van der Waals surface area contributed by atoms with E-state index in [9.17, 15) is 13.2 Å². The molecule has 0 aromatic heterocycles. The van der Waals surface area contributed by atoms with E-state index in [1.807, 2.05) is 0 Å². The van der Waals surface area contributed by atoms with Crippen LogP contribution in [0.25, 0.3) is 0 Å². The molecule has 0 amide bonds. The van der Waals surface area contributed by atoms with Crippen molar-refractivity contribution in [1.82, 2.24) is 0 Å². The van der Waals surface area contributed by atoms with E-state index in [0.717, 1.165) is 0 Å². The van der Waals surface area contributed by atoms with Crippen LogP contribution in [0, 0.1) is 17.8 Å². The van der Waals surface area contributed by atoms with Crippen LogP contribution in [-0.2, 0) is 0 Å². The van der Waals surface area contributed by atoms with Crippen molar-refractivity contribution < 1.29 is 49.0 Å². The van der Waals surface area contributed by atoms with E-state index >= 15 is 0 Å². The molecule has 1 atom stereocenters. The molecule has 5 heteroatoms. The first-order chi connectivity index (χ1) is 4.05. The summed E-state index contributed by atoms with van der Waals surface area (Å²) in [5.74, 6) is -1.18. The summed E-state index contributed by atoms with van der Waals surface area (Å²) in [5.41, 5.74) is -0.474. The molecule has 1 spiro atoms. The molecular weight excluding hydrogens is 216 g/mol. The van der Waals surface area contributed by atoms with Crippen molar-refractivity contribution in [3.63, 3.8) is 0 Å². The Morgan fingerprint density at radius 1 is 1.27 bits per heavy atom. The number of hydrogen-bond donors (Lipinski definition) is 0. The van der Waals surface area contributed by atoms with Crippen molar-refractivity contribution in [1.29, 1.82) is 0 Å². The van der Waals surface area contributed by atoms with Crippen LogP contribution in [0.5, 0.6) is 0 Å². The summed E-state index contributed by atoms with van der Waals surface area (Å²) in [6.07, 6.45) is -0.158. The standard InChI is InChI=1S/C6H5F3.BrH.Li/c7-6(8,9)4-3-5(4)1-2-5;;/h4H,1-2H2;1H;/q;;+1/p-1. The van der Waals surface area contributed by atoms with Gasteiger partial charge in [0.25, 0.3) is 0 Å². The fraction of sp³-hybridized carbons (Fsp3) is 0.833. The monoisotopic (exact) mass is 220 g/mol. The summed E-state index contributed by atoms with van der Waals surface area (Å²) >= 11 is 0. The second-order valence-electron chi connectivity index (χ2n) is 2.78. The molecule has 58 valence electrons. The van der Waals surface area contributed by atoms with Gasteiger partial charge in [-0.3, -0.25) is 0 Å². The molecule has 0 aromatic carbocycles. The zero-order chi connectivity index (χ0) is 6.70. The molecule has 0 heterocycles. The summed E-state index contributed by atoms with van der Waals surface area (Å²) < 4.78 is 35.1. The first-order valence-electron chi connectivity index (χ1n) is 2.89. The third-order valence-corrected chi connectivity index (χ3v) is 2.02. The molecule has 1 unspecified atom stereocenters. The van der Waals surface area contributed by atoms with Crippen molar-refractivity contribution in [2.75, 3.05) is 0 Å². The minimum absolute atomic E-state index is 0. The van der Waals surface area contributed by atoms with E-state index in [0.29, 0.717) is 12.8 Å². The third-order valence-electron chi connectivity index (χ3n) is 2.02. The molecule has 2 rings (SSSR count). The van der Waals surface area contributed by atoms with E-state index in [-0.39, 0.29) is 35.8 Å². The maximum atomic E-state index is 11.7. The van der Waals surface area contributed by atoms with E-state index in [2.05, 4.69) is 6.42 Å². The Balaban J connectivity index is 0.000000500. The van der Waals surface area contributed by atoms with Crippen LogP contribution in [0.3, 0.4) is 0 Å². The molecule has 11 heavy (non-hydrogen) atoms. The first-order valence-corrected chi connectivity index (χ1v) is 2.89. The molecule has 0 nitrogen and oxygen atoms in total. The summed E-state index contributed by atoms with van der Waals surface area (Å²) in [4.78, 5) is 0. The number of rotatable bonds is 0. The van der Waals surface area contributed by atoms with Gasteiger partial charge in [0.05, 0.1) is 5.92 Å². The van der Waals surface area contributed by atoms with E-state index in [1.54, 1.807) is 0 Å². The fourth-order valence-electron chi connectivity index (χ4n) is 1.21. The minimum Gasteiger partial charge on any atom is -1.00 e. The molecule has 2 saturated carbocycles. The average Bonchev–Trinajstić information content (AvgIpc) is 2.46. The van der Waals surface area contributed by atoms with E-state index in [1.165, 1.54) is 0 Å². The molecule has 2 radical (unpaired) electrons. The molecule has 2 aliphatic rings. The van der Waals surface area contributed by atoms with E-state index in [4.69, 9.17) is 0 Å². The second-order valence-corrected chi connectivity index (χ2v) is 2.78. The van der Waals surface area contributed by atoms with Crippen molar-refractivity contribution >= 4 is 0 Å². The predicted octanol–water partition coefficient (Wildman–Crippen LogP) is -3.95. The van der Waals surface area contributed by atoms with Crippen molar-refractivity contribution in [3.05, 3.63) is 6.42 Å². The van der Waals surface area contributed by atoms with Gasteiger partial charge in [-0.25, -0.2) is 0 Å². The quantitative estimate of drug-likeness (QED) is 0.366. The van der Waals surface area contributed by atoms with Gasteiger partial charge in [-0.05, 0) is 18.3 Å². The summed E-state index contributed by atoms with van der Waals surface area (Å²) in [6, 6.07) is 0. The number of alkyl halides is 3. The Labute approximate surface area is 85.9 Å². The molecule has 0 saturated heterocycles. The number of halogens is 4. The van der Waals surface area contributed by atoms with Gasteiger partial charge in [-0.2, -0.15) is 13.2 Å². The van der Waals surface area contributed by atoms with Crippen molar-refractivity contribution in [2.24, 2.45) is 11.3 Å². The summed E-state index contributed by atoms with van der Waals surface area (Å²) in [7, 11) is 0. The summed E-state index contributed by atoms with van der Waals surface area (Å²) in [5, 5.41) is 0. The van der Waals surface area contributed by atoms with Crippen LogP contribution < -0.4 is 35.8 Å². The Morgan fingerprint density at radius 2 is 1.73 bits per heavy atom. The molecule has 2 aliphatic carbocycles. The van der Waals surface area contributed by atoms with Crippen LogP contribution in [0.4, 0.5) is 13.2 Å². The number of hydrogen-bond acceptors (Lipinski definition) is 0. The average molecular weight is 221 g/mol. The first kappa shape index (κ1) is 11.9. The Morgan fingerprint density at radius 3 is 1.82 bits per heavy atom. The van der Waals surface area contributed by atoms with Crippen LogP contribution in [0.15, 0.2) is 0 Å². The van der Waals surface area contributed by atoms with Crippen LogP contribution in [0.1, 0.15) is 12.8 Å². The molecule has 0 N–H and O–H groups in total. The smallest absolute Gasteiger partial charge is 1.00 e. The Hall–Kier alpha value is 0.867. The third kappa shape index (κ3) is 1.96. The molecule has 0 aromatic rings. The fourth-order valence-corrected chi connectivity index (χ4v) is 1.21. The van der Waals surface area contributed by atoms with Gasteiger partial charge in [0, 0.05) is 6.42 Å². The second kappa shape index (κ2) is 2.97. The van der Waals surface area contributed by atoms with Gasteiger partial charge in [0.2, 0.25) is 0 Å². The predicted molar refractivity (Wildman–Crippen MR) is 24.5 cm³/mol.